The van der Waals surface area contributed by atoms with Gasteiger partial charge in [-0.1, -0.05) is 6.58 Å². The maximum Gasteiger partial charge on any atom is 0.243 e. The lowest BCUT2D eigenvalue weighted by atomic mass is 10.3. The highest BCUT2D eigenvalue weighted by atomic mass is 16.1. The standard InChI is InChI=1S/C4H7NO/c1-3(2)4(5)6/h1H2,2H3,(H2,5,6)/i2D. The minimum Gasteiger partial charge on any atom is -0.366 e. The first-order valence-electron chi connectivity index (χ1n) is 2.16. The molecule has 0 aliphatic rings. The smallest absolute Gasteiger partial charge is 0.243 e. The van der Waals surface area contributed by atoms with Crippen LogP contribution in [0.5, 0.6) is 0 Å². The molecule has 0 saturated carbocycles. The van der Waals surface area contributed by atoms with Crippen LogP contribution in [0.2, 0.25) is 0 Å². The summed E-state index contributed by atoms with van der Waals surface area (Å²) in [4.78, 5) is 9.93. The van der Waals surface area contributed by atoms with Crippen molar-refractivity contribution in [3.63, 3.8) is 0 Å². The Labute approximate surface area is 38.1 Å². The van der Waals surface area contributed by atoms with E-state index in [2.05, 4.69) is 12.3 Å². The van der Waals surface area contributed by atoms with Crippen LogP contribution in [0.25, 0.3) is 0 Å². The van der Waals surface area contributed by atoms with Gasteiger partial charge in [-0.2, -0.15) is 0 Å². The van der Waals surface area contributed by atoms with Crippen molar-refractivity contribution in [1.82, 2.24) is 0 Å². The molecular formula is C4H7NO. The van der Waals surface area contributed by atoms with E-state index in [9.17, 15) is 4.79 Å². The van der Waals surface area contributed by atoms with E-state index in [0.717, 1.165) is 0 Å². The van der Waals surface area contributed by atoms with Crippen molar-refractivity contribution in [1.29, 1.82) is 0 Å². The number of hydrogen-bond donors (Lipinski definition) is 1. The molecule has 0 aliphatic carbocycles. The first-order valence-corrected chi connectivity index (χ1v) is 1.45. The summed E-state index contributed by atoms with van der Waals surface area (Å²) in [7, 11) is 0. The maximum atomic E-state index is 9.93. The summed E-state index contributed by atoms with van der Waals surface area (Å²) >= 11 is 0. The minimum atomic E-state index is -0.588. The van der Waals surface area contributed by atoms with Gasteiger partial charge in [0.15, 0.2) is 0 Å². The molecule has 0 aliphatic heterocycles. The lowest BCUT2D eigenvalue weighted by Crippen LogP contribution is -2.10. The van der Waals surface area contributed by atoms with Crippen molar-refractivity contribution in [3.8, 4) is 0 Å². The van der Waals surface area contributed by atoms with Crippen LogP contribution in [-0.2, 0) is 4.79 Å². The fourth-order valence-corrected chi connectivity index (χ4v) is 0. The van der Waals surface area contributed by atoms with E-state index in [1.165, 1.54) is 0 Å². The molecule has 0 aromatic heterocycles. The van der Waals surface area contributed by atoms with E-state index in [1.54, 1.807) is 0 Å². The molecule has 0 aromatic rings. The molecule has 0 heterocycles. The summed E-state index contributed by atoms with van der Waals surface area (Å²) in [6, 6.07) is 0. The fraction of sp³-hybridized carbons (Fsp3) is 0.250. The van der Waals surface area contributed by atoms with Gasteiger partial charge in [-0.25, -0.2) is 0 Å². The molecule has 1 amide bonds. The molecule has 0 aromatic carbocycles. The summed E-state index contributed by atoms with van der Waals surface area (Å²) in [5.74, 6) is -0.588. The highest BCUT2D eigenvalue weighted by Crippen LogP contribution is 1.78. The Bertz CT molecular complexity index is 99.9. The number of rotatable bonds is 1. The van der Waals surface area contributed by atoms with Gasteiger partial charge in [0.05, 0.1) is 0 Å². The second-order valence-corrected chi connectivity index (χ2v) is 0.968. The number of amides is 1. The third-order valence-electron chi connectivity index (χ3n) is 0.348. The summed E-state index contributed by atoms with van der Waals surface area (Å²) in [5.41, 5.74) is 4.84. The second-order valence-electron chi connectivity index (χ2n) is 0.968. The zero-order chi connectivity index (χ0) is 5.86. The number of carbonyl (C=O) groups excluding carboxylic acids is 1. The average molecular weight is 86.1 g/mol. The lowest BCUT2D eigenvalue weighted by molar-refractivity contribution is -0.114. The maximum absolute atomic E-state index is 9.93. The summed E-state index contributed by atoms with van der Waals surface area (Å²) in [6.07, 6.45) is 0. The molecule has 0 spiro atoms. The molecule has 0 atom stereocenters. The van der Waals surface area contributed by atoms with Crippen LogP contribution in [0.4, 0.5) is 0 Å². The molecule has 0 bridgehead atoms. The van der Waals surface area contributed by atoms with Gasteiger partial charge in [0.2, 0.25) is 5.91 Å². The molecule has 0 unspecified atom stereocenters. The molecular weight excluding hydrogens is 78.0 g/mol. The minimum absolute atomic E-state index is 0.102. The van der Waals surface area contributed by atoms with Crippen molar-refractivity contribution in [2.24, 2.45) is 5.73 Å². The van der Waals surface area contributed by atoms with Gasteiger partial charge in [0.25, 0.3) is 0 Å². The first kappa shape index (κ1) is 3.40. The number of nitrogens with two attached hydrogens (primary N) is 1. The topological polar surface area (TPSA) is 43.1 Å². The Morgan fingerprint density at radius 3 is 2.67 bits per heavy atom. The Kier molecular flexibility index (Phi) is 0.906. The van der Waals surface area contributed by atoms with Gasteiger partial charge in [-0.15, -0.1) is 0 Å². The molecule has 2 N–H and O–H groups in total. The number of carbonyl (C=O) groups is 1. The van der Waals surface area contributed by atoms with E-state index < -0.39 is 5.91 Å². The molecule has 0 rings (SSSR count). The van der Waals surface area contributed by atoms with Crippen LogP contribution in [-0.4, -0.2) is 5.91 Å². The normalized spacial score (nSPS) is 9.67. The van der Waals surface area contributed by atoms with Crippen molar-refractivity contribution < 1.29 is 6.17 Å². The van der Waals surface area contributed by atoms with Crippen LogP contribution >= 0.6 is 0 Å². The zero-order valence-electron chi connectivity index (χ0n) is 4.40. The first-order chi connectivity index (χ1) is 3.18. The Hall–Kier alpha value is -0.790. The van der Waals surface area contributed by atoms with Crippen molar-refractivity contribution in [2.75, 3.05) is 0 Å². The van der Waals surface area contributed by atoms with Gasteiger partial charge in [-0.3, -0.25) is 4.79 Å². The summed E-state index contributed by atoms with van der Waals surface area (Å²) in [6.45, 7) is 3.11. The van der Waals surface area contributed by atoms with Crippen LogP contribution in [0.1, 0.15) is 8.27 Å². The van der Waals surface area contributed by atoms with Gasteiger partial charge < -0.3 is 5.73 Å². The summed E-state index contributed by atoms with van der Waals surface area (Å²) in [5, 5.41) is 0. The van der Waals surface area contributed by atoms with Crippen molar-refractivity contribution in [3.05, 3.63) is 12.2 Å². The predicted octanol–water partition coefficient (Wildman–Crippen LogP) is 0.0478. The number of primary amides is 1. The van der Waals surface area contributed by atoms with E-state index in [-0.39, 0.29) is 12.5 Å². The van der Waals surface area contributed by atoms with Gasteiger partial charge >= 0.3 is 0 Å². The van der Waals surface area contributed by atoms with E-state index in [4.69, 9.17) is 1.37 Å². The molecule has 6 heavy (non-hydrogen) atoms. The fourth-order valence-electron chi connectivity index (χ4n) is 0. The van der Waals surface area contributed by atoms with Crippen LogP contribution in [0, 0.1) is 0 Å². The highest BCUT2D eigenvalue weighted by Gasteiger charge is 1.86. The Morgan fingerprint density at radius 1 is 2.17 bits per heavy atom. The van der Waals surface area contributed by atoms with Crippen molar-refractivity contribution >= 4 is 5.91 Å². The van der Waals surface area contributed by atoms with Crippen LogP contribution in [0.15, 0.2) is 12.2 Å². The van der Waals surface area contributed by atoms with Gasteiger partial charge in [-0.05, 0) is 6.90 Å². The van der Waals surface area contributed by atoms with Crippen LogP contribution in [0.3, 0.4) is 0 Å². The summed E-state index contributed by atoms with van der Waals surface area (Å²) < 4.78 is 6.54. The second kappa shape index (κ2) is 1.60. The molecule has 34 valence electrons. The predicted molar refractivity (Wildman–Crippen MR) is 24.0 cm³/mol. The number of hydrogen-bond acceptors (Lipinski definition) is 1. The Balaban J connectivity index is 3.58. The highest BCUT2D eigenvalue weighted by molar-refractivity contribution is 5.90. The monoisotopic (exact) mass is 86.1 g/mol. The molecule has 0 fully saturated rings. The zero-order valence-corrected chi connectivity index (χ0v) is 3.40. The van der Waals surface area contributed by atoms with Gasteiger partial charge in [0, 0.05) is 6.94 Å². The lowest BCUT2D eigenvalue weighted by Gasteiger charge is -1.81. The molecule has 0 saturated heterocycles. The molecule has 0 radical (unpaired) electrons. The third-order valence-corrected chi connectivity index (χ3v) is 0.348. The quantitative estimate of drug-likeness (QED) is 0.450. The molecule has 2 heteroatoms. The van der Waals surface area contributed by atoms with E-state index >= 15 is 0 Å². The van der Waals surface area contributed by atoms with Gasteiger partial charge in [0.1, 0.15) is 0 Å². The SMILES string of the molecule is [2H]CC(=C)C(N)=O. The Morgan fingerprint density at radius 2 is 2.67 bits per heavy atom. The third kappa shape index (κ3) is 1.52. The van der Waals surface area contributed by atoms with E-state index in [0.29, 0.717) is 0 Å². The molecule has 2 nitrogen and oxygen atoms in total. The average Bonchev–Trinajstić information content (AvgIpc) is 1.65. The van der Waals surface area contributed by atoms with E-state index in [1.807, 2.05) is 0 Å². The van der Waals surface area contributed by atoms with Crippen LogP contribution < -0.4 is 5.73 Å². The largest absolute Gasteiger partial charge is 0.366 e. The van der Waals surface area contributed by atoms with Crippen molar-refractivity contribution in [2.45, 2.75) is 6.90 Å².